The summed E-state index contributed by atoms with van der Waals surface area (Å²) in [5.41, 5.74) is 7.62. The van der Waals surface area contributed by atoms with Crippen molar-refractivity contribution in [3.8, 4) is 0 Å². The molecule has 0 aliphatic carbocycles. The Morgan fingerprint density at radius 1 is 1.43 bits per heavy atom. The van der Waals surface area contributed by atoms with Gasteiger partial charge in [0, 0.05) is 18.7 Å². The maximum absolute atomic E-state index is 12.5. The first-order valence-electron chi connectivity index (χ1n) is 6.91. The number of carbonyl (C=O) groups is 1. The van der Waals surface area contributed by atoms with Gasteiger partial charge in [-0.15, -0.1) is 0 Å². The van der Waals surface area contributed by atoms with Crippen molar-refractivity contribution in [2.75, 3.05) is 19.3 Å². The van der Waals surface area contributed by atoms with E-state index in [1.165, 1.54) is 0 Å². The quantitative estimate of drug-likeness (QED) is 0.388. The molecule has 3 N–H and O–H groups in total. The molecule has 21 heavy (non-hydrogen) atoms. The predicted octanol–water partition coefficient (Wildman–Crippen LogP) is 2.08. The Morgan fingerprint density at radius 2 is 2.10 bits per heavy atom. The number of rotatable bonds is 3. The van der Waals surface area contributed by atoms with Crippen molar-refractivity contribution >= 4 is 23.5 Å². The molecule has 0 radical (unpaired) electrons. The van der Waals surface area contributed by atoms with Gasteiger partial charge in [0.2, 0.25) is 0 Å². The average molecular weight is 307 g/mol. The first-order chi connectivity index (χ1) is 10.0. The molecule has 1 aromatic carbocycles. The van der Waals surface area contributed by atoms with Gasteiger partial charge in [-0.05, 0) is 38.2 Å². The van der Waals surface area contributed by atoms with Gasteiger partial charge in [0.25, 0.3) is 5.91 Å². The lowest BCUT2D eigenvalue weighted by molar-refractivity contribution is 0.0718. The standard InChI is InChI=1S/C15H21N3O2S/c1-11-4-3-5-12(10-11)13(19)18-8-6-15(21-2,7-9-18)14(16)17-20/h3-5,10,20H,6-9H2,1-2H3,(H2,16,17). The minimum atomic E-state index is -0.363. The van der Waals surface area contributed by atoms with E-state index < -0.39 is 0 Å². The lowest BCUT2D eigenvalue weighted by atomic mass is 9.94. The van der Waals surface area contributed by atoms with Crippen molar-refractivity contribution in [1.29, 1.82) is 0 Å². The van der Waals surface area contributed by atoms with E-state index in [0.717, 1.165) is 11.1 Å². The molecule has 5 nitrogen and oxygen atoms in total. The molecule has 1 saturated heterocycles. The third-order valence-electron chi connectivity index (χ3n) is 4.09. The number of thioether (sulfide) groups is 1. The molecule has 0 spiro atoms. The second kappa shape index (κ2) is 6.39. The van der Waals surface area contributed by atoms with Crippen molar-refractivity contribution in [3.05, 3.63) is 35.4 Å². The molecule has 1 aliphatic heterocycles. The van der Waals surface area contributed by atoms with Crippen molar-refractivity contribution in [2.45, 2.75) is 24.5 Å². The molecule has 2 rings (SSSR count). The molecule has 0 aromatic heterocycles. The number of amides is 1. The highest BCUT2D eigenvalue weighted by Gasteiger charge is 2.39. The van der Waals surface area contributed by atoms with Crippen LogP contribution in [0.25, 0.3) is 0 Å². The molecule has 1 heterocycles. The molecular formula is C15H21N3O2S. The Kier molecular flexibility index (Phi) is 4.77. The fraction of sp³-hybridized carbons (Fsp3) is 0.467. The number of aryl methyl sites for hydroxylation is 1. The molecule has 0 atom stereocenters. The lowest BCUT2D eigenvalue weighted by Crippen LogP contribution is -2.51. The van der Waals surface area contributed by atoms with Crippen molar-refractivity contribution in [2.24, 2.45) is 10.9 Å². The van der Waals surface area contributed by atoms with Gasteiger partial charge in [-0.3, -0.25) is 4.79 Å². The van der Waals surface area contributed by atoms with Crippen LogP contribution in [0.15, 0.2) is 29.4 Å². The Morgan fingerprint density at radius 3 is 2.62 bits per heavy atom. The van der Waals surface area contributed by atoms with E-state index >= 15 is 0 Å². The van der Waals surface area contributed by atoms with Gasteiger partial charge in [0.15, 0.2) is 5.84 Å². The van der Waals surface area contributed by atoms with Crippen LogP contribution in [0, 0.1) is 6.92 Å². The number of likely N-dealkylation sites (tertiary alicyclic amines) is 1. The molecule has 0 bridgehead atoms. The predicted molar refractivity (Wildman–Crippen MR) is 86.0 cm³/mol. The summed E-state index contributed by atoms with van der Waals surface area (Å²) in [5, 5.41) is 12.1. The Bertz CT molecular complexity index is 552. The molecule has 114 valence electrons. The van der Waals surface area contributed by atoms with Crippen LogP contribution in [0.5, 0.6) is 0 Å². The van der Waals surface area contributed by atoms with Crippen LogP contribution in [0.4, 0.5) is 0 Å². The number of nitrogens with two attached hydrogens (primary N) is 1. The minimum absolute atomic E-state index is 0.0490. The van der Waals surface area contributed by atoms with Crippen molar-refractivity contribution in [1.82, 2.24) is 4.90 Å². The number of benzene rings is 1. The topological polar surface area (TPSA) is 78.9 Å². The number of piperidine rings is 1. The van der Waals surface area contributed by atoms with E-state index in [1.54, 1.807) is 11.8 Å². The van der Waals surface area contributed by atoms with Crippen molar-refractivity contribution < 1.29 is 10.0 Å². The summed E-state index contributed by atoms with van der Waals surface area (Å²) >= 11 is 1.58. The van der Waals surface area contributed by atoms with Crippen LogP contribution in [0.1, 0.15) is 28.8 Å². The summed E-state index contributed by atoms with van der Waals surface area (Å²) in [6, 6.07) is 7.62. The van der Waals surface area contributed by atoms with Crippen LogP contribution in [0.2, 0.25) is 0 Å². The summed E-state index contributed by atoms with van der Waals surface area (Å²) in [4.78, 5) is 14.3. The summed E-state index contributed by atoms with van der Waals surface area (Å²) in [5.74, 6) is 0.297. The molecule has 1 aromatic rings. The zero-order chi connectivity index (χ0) is 15.5. The first-order valence-corrected chi connectivity index (χ1v) is 8.14. The zero-order valence-corrected chi connectivity index (χ0v) is 13.2. The summed E-state index contributed by atoms with van der Waals surface area (Å²) in [6.07, 6.45) is 3.35. The number of oxime groups is 1. The summed E-state index contributed by atoms with van der Waals surface area (Å²) in [7, 11) is 0. The minimum Gasteiger partial charge on any atom is -0.409 e. The van der Waals surface area contributed by atoms with Gasteiger partial charge in [-0.2, -0.15) is 11.8 Å². The third kappa shape index (κ3) is 3.15. The molecule has 6 heteroatoms. The lowest BCUT2D eigenvalue weighted by Gasteiger charge is -2.39. The Balaban J connectivity index is 2.09. The van der Waals surface area contributed by atoms with Crippen LogP contribution in [0.3, 0.4) is 0 Å². The Labute approximate surface area is 129 Å². The van der Waals surface area contributed by atoms with Gasteiger partial charge in [-0.1, -0.05) is 22.9 Å². The molecule has 1 fully saturated rings. The summed E-state index contributed by atoms with van der Waals surface area (Å²) in [6.45, 7) is 3.21. The first kappa shape index (κ1) is 15.7. The van der Waals surface area contributed by atoms with Crippen molar-refractivity contribution in [3.63, 3.8) is 0 Å². The van der Waals surface area contributed by atoms with Crippen LogP contribution >= 0.6 is 11.8 Å². The smallest absolute Gasteiger partial charge is 0.253 e. The number of hydrogen-bond donors (Lipinski definition) is 2. The number of hydrogen-bond acceptors (Lipinski definition) is 4. The highest BCUT2D eigenvalue weighted by Crippen LogP contribution is 2.35. The Hall–Kier alpha value is -1.69. The monoisotopic (exact) mass is 307 g/mol. The van der Waals surface area contributed by atoms with E-state index in [-0.39, 0.29) is 16.5 Å². The maximum atomic E-state index is 12.5. The van der Waals surface area contributed by atoms with Gasteiger partial charge < -0.3 is 15.8 Å². The van der Waals surface area contributed by atoms with E-state index in [2.05, 4.69) is 5.16 Å². The molecule has 0 saturated carbocycles. The number of amidine groups is 1. The third-order valence-corrected chi connectivity index (χ3v) is 5.49. The number of nitrogens with zero attached hydrogens (tertiary/aromatic N) is 2. The largest absolute Gasteiger partial charge is 0.409 e. The molecule has 0 unspecified atom stereocenters. The fourth-order valence-corrected chi connectivity index (χ4v) is 3.53. The average Bonchev–Trinajstić information content (AvgIpc) is 2.53. The van der Waals surface area contributed by atoms with Gasteiger partial charge in [-0.25, -0.2) is 0 Å². The highest BCUT2D eigenvalue weighted by atomic mass is 32.2. The van der Waals surface area contributed by atoms with E-state index in [1.807, 2.05) is 42.3 Å². The second-order valence-corrected chi connectivity index (χ2v) is 6.54. The molecular weight excluding hydrogens is 286 g/mol. The van der Waals surface area contributed by atoms with Crippen LogP contribution in [-0.4, -0.2) is 45.9 Å². The van der Waals surface area contributed by atoms with Crippen LogP contribution < -0.4 is 5.73 Å². The highest BCUT2D eigenvalue weighted by molar-refractivity contribution is 8.00. The van der Waals surface area contributed by atoms with E-state index in [4.69, 9.17) is 10.9 Å². The van der Waals surface area contributed by atoms with Crippen LogP contribution in [-0.2, 0) is 0 Å². The number of carbonyl (C=O) groups excluding carboxylic acids is 1. The second-order valence-electron chi connectivity index (χ2n) is 5.35. The molecule has 1 aliphatic rings. The SMILES string of the molecule is CSC1(C(N)=NO)CCN(C(=O)c2cccc(C)c2)CC1. The normalized spacial score (nSPS) is 18.6. The molecule has 1 amide bonds. The fourth-order valence-electron chi connectivity index (χ4n) is 2.69. The van der Waals surface area contributed by atoms with E-state index in [0.29, 0.717) is 25.9 Å². The van der Waals surface area contributed by atoms with Gasteiger partial charge in [0.05, 0.1) is 4.75 Å². The zero-order valence-electron chi connectivity index (χ0n) is 12.4. The summed E-state index contributed by atoms with van der Waals surface area (Å²) < 4.78 is -0.363. The maximum Gasteiger partial charge on any atom is 0.253 e. The van der Waals surface area contributed by atoms with Gasteiger partial charge >= 0.3 is 0 Å². The van der Waals surface area contributed by atoms with Gasteiger partial charge in [0.1, 0.15) is 0 Å². The van der Waals surface area contributed by atoms with E-state index in [9.17, 15) is 4.79 Å².